The number of hydrogen-bond donors (Lipinski definition) is 0. The molecule has 0 saturated heterocycles. The topological polar surface area (TPSA) is 82.3 Å². The van der Waals surface area contributed by atoms with Crippen LogP contribution in [-0.4, -0.2) is 22.5 Å². The van der Waals surface area contributed by atoms with Crippen molar-refractivity contribution in [2.45, 2.75) is 32.1 Å². The number of esters is 1. The van der Waals surface area contributed by atoms with Gasteiger partial charge in [0.2, 0.25) is 0 Å². The Morgan fingerprint density at radius 3 is 2.80 bits per heavy atom. The van der Waals surface area contributed by atoms with E-state index in [4.69, 9.17) is 16.3 Å². The second-order valence-corrected chi connectivity index (χ2v) is 5.27. The molecule has 2 rings (SSSR count). The fourth-order valence-electron chi connectivity index (χ4n) is 2.36. The fraction of sp³-hybridized carbons (Fsp3) is 0.538. The summed E-state index contributed by atoms with van der Waals surface area (Å²) < 4.78 is 5.18. The van der Waals surface area contributed by atoms with Crippen LogP contribution in [0.2, 0.25) is 5.15 Å². The van der Waals surface area contributed by atoms with Crippen molar-refractivity contribution in [2.24, 2.45) is 5.92 Å². The molecule has 0 N–H and O–H groups in total. The number of pyridine rings is 1. The molecule has 0 atom stereocenters. The molecule has 0 aromatic carbocycles. The van der Waals surface area contributed by atoms with Crippen molar-refractivity contribution in [3.05, 3.63) is 33.1 Å². The average molecular weight is 299 g/mol. The second kappa shape index (κ2) is 6.65. The molecule has 7 heteroatoms. The van der Waals surface area contributed by atoms with Crippen molar-refractivity contribution in [1.29, 1.82) is 0 Å². The van der Waals surface area contributed by atoms with Gasteiger partial charge >= 0.3 is 11.7 Å². The van der Waals surface area contributed by atoms with Gasteiger partial charge in [0.25, 0.3) is 0 Å². The second-order valence-electron chi connectivity index (χ2n) is 4.88. The normalized spacial score (nSPS) is 15.8. The van der Waals surface area contributed by atoms with Crippen LogP contribution in [0.1, 0.15) is 42.5 Å². The molecule has 1 aliphatic carbocycles. The van der Waals surface area contributed by atoms with Crippen LogP contribution in [0.4, 0.5) is 5.69 Å². The first-order chi connectivity index (χ1) is 9.58. The summed E-state index contributed by atoms with van der Waals surface area (Å²) in [5.41, 5.74) is -0.533. The third kappa shape index (κ3) is 3.66. The lowest BCUT2D eigenvalue weighted by atomic mass is 9.90. The van der Waals surface area contributed by atoms with Crippen molar-refractivity contribution in [1.82, 2.24) is 4.98 Å². The van der Waals surface area contributed by atoms with E-state index in [2.05, 4.69) is 4.98 Å². The van der Waals surface area contributed by atoms with E-state index in [1.54, 1.807) is 0 Å². The van der Waals surface area contributed by atoms with Gasteiger partial charge in [0, 0.05) is 0 Å². The third-order valence-corrected chi connectivity index (χ3v) is 3.65. The van der Waals surface area contributed by atoms with E-state index in [0.717, 1.165) is 31.9 Å². The Hall–Kier alpha value is -1.69. The van der Waals surface area contributed by atoms with Gasteiger partial charge in [-0.25, -0.2) is 9.78 Å². The van der Waals surface area contributed by atoms with Crippen LogP contribution in [0.25, 0.3) is 0 Å². The Balaban J connectivity index is 2.04. The lowest BCUT2D eigenvalue weighted by Gasteiger charge is -2.20. The van der Waals surface area contributed by atoms with Crippen LogP contribution >= 0.6 is 11.6 Å². The molecule has 108 valence electrons. The van der Waals surface area contributed by atoms with Crippen molar-refractivity contribution in [3.8, 4) is 0 Å². The Labute approximate surface area is 121 Å². The Morgan fingerprint density at radius 1 is 1.45 bits per heavy atom. The van der Waals surface area contributed by atoms with Crippen molar-refractivity contribution in [3.63, 3.8) is 0 Å². The van der Waals surface area contributed by atoms with Gasteiger partial charge in [-0.15, -0.1) is 0 Å². The highest BCUT2D eigenvalue weighted by Crippen LogP contribution is 2.25. The van der Waals surface area contributed by atoms with E-state index >= 15 is 0 Å². The smallest absolute Gasteiger partial charge is 0.345 e. The van der Waals surface area contributed by atoms with Crippen LogP contribution in [-0.2, 0) is 4.74 Å². The Morgan fingerprint density at radius 2 is 2.15 bits per heavy atom. The molecule has 1 aromatic heterocycles. The lowest BCUT2D eigenvalue weighted by molar-refractivity contribution is -0.385. The molecular formula is C13H15ClN2O4. The number of halogens is 1. The van der Waals surface area contributed by atoms with E-state index in [-0.39, 0.29) is 16.4 Å². The number of nitrogens with zero attached hydrogens (tertiary/aromatic N) is 2. The number of aromatic nitrogens is 1. The largest absolute Gasteiger partial charge is 0.462 e. The summed E-state index contributed by atoms with van der Waals surface area (Å²) in [5, 5.41) is 10.9. The maximum absolute atomic E-state index is 12.0. The Bertz CT molecular complexity index is 515. The van der Waals surface area contributed by atoms with Crippen LogP contribution in [0.15, 0.2) is 12.3 Å². The predicted octanol–water partition coefficient (Wildman–Crippen LogP) is 3.38. The van der Waals surface area contributed by atoms with Gasteiger partial charge in [0.05, 0.1) is 11.5 Å². The highest BCUT2D eigenvalue weighted by atomic mass is 35.5. The number of carbonyl (C=O) groups excluding carboxylic acids is 1. The SMILES string of the molecule is O=C(OCC1CCCCC1)c1cc(Cl)ncc1[N+](=O)[O-]. The highest BCUT2D eigenvalue weighted by molar-refractivity contribution is 6.29. The van der Waals surface area contributed by atoms with E-state index in [1.807, 2.05) is 0 Å². The Kier molecular flexibility index (Phi) is 4.89. The maximum atomic E-state index is 12.0. The highest BCUT2D eigenvalue weighted by Gasteiger charge is 2.24. The zero-order valence-corrected chi connectivity index (χ0v) is 11.6. The predicted molar refractivity (Wildman–Crippen MR) is 72.8 cm³/mol. The molecule has 1 aromatic rings. The standard InChI is InChI=1S/C13H15ClN2O4/c14-12-6-10(11(7-15-12)16(18)19)13(17)20-8-9-4-2-1-3-5-9/h6-7,9H,1-5,8H2. The number of nitro groups is 1. The van der Waals surface area contributed by atoms with Gasteiger partial charge in [0.1, 0.15) is 16.9 Å². The van der Waals surface area contributed by atoms with Gasteiger partial charge in [0.15, 0.2) is 0 Å². The molecular weight excluding hydrogens is 284 g/mol. The minimum atomic E-state index is -0.716. The number of carbonyl (C=O) groups is 1. The molecule has 0 spiro atoms. The first kappa shape index (κ1) is 14.7. The molecule has 0 unspecified atom stereocenters. The van der Waals surface area contributed by atoms with Crippen molar-refractivity contribution in [2.75, 3.05) is 6.61 Å². The maximum Gasteiger partial charge on any atom is 0.345 e. The van der Waals surface area contributed by atoms with E-state index < -0.39 is 10.9 Å². The minimum Gasteiger partial charge on any atom is -0.462 e. The summed E-state index contributed by atoms with van der Waals surface area (Å²) in [5.74, 6) is -0.365. The molecule has 20 heavy (non-hydrogen) atoms. The third-order valence-electron chi connectivity index (χ3n) is 3.44. The summed E-state index contributed by atoms with van der Waals surface area (Å²) in [6, 6.07) is 1.17. The van der Waals surface area contributed by atoms with Gasteiger partial charge < -0.3 is 4.74 Å². The zero-order chi connectivity index (χ0) is 14.5. The molecule has 1 aliphatic rings. The van der Waals surface area contributed by atoms with E-state index in [1.165, 1.54) is 12.5 Å². The van der Waals surface area contributed by atoms with Gasteiger partial charge in [-0.3, -0.25) is 10.1 Å². The van der Waals surface area contributed by atoms with Crippen LogP contribution < -0.4 is 0 Å². The molecule has 1 fully saturated rings. The monoisotopic (exact) mass is 298 g/mol. The number of hydrogen-bond acceptors (Lipinski definition) is 5. The number of ether oxygens (including phenoxy) is 1. The van der Waals surface area contributed by atoms with Crippen molar-refractivity contribution >= 4 is 23.3 Å². The van der Waals surface area contributed by atoms with Gasteiger partial charge in [-0.1, -0.05) is 30.9 Å². The van der Waals surface area contributed by atoms with Crippen LogP contribution in [0.5, 0.6) is 0 Å². The van der Waals surface area contributed by atoms with Crippen LogP contribution in [0.3, 0.4) is 0 Å². The minimum absolute atomic E-state index is 0.0280. The average Bonchev–Trinajstić information content (AvgIpc) is 2.45. The fourth-order valence-corrected chi connectivity index (χ4v) is 2.51. The summed E-state index contributed by atoms with van der Waals surface area (Å²) >= 11 is 5.67. The van der Waals surface area contributed by atoms with Crippen LogP contribution in [0, 0.1) is 16.0 Å². The van der Waals surface area contributed by atoms with Gasteiger partial charge in [-0.2, -0.15) is 0 Å². The first-order valence-electron chi connectivity index (χ1n) is 6.55. The van der Waals surface area contributed by atoms with E-state index in [0.29, 0.717) is 12.5 Å². The summed E-state index contributed by atoms with van der Waals surface area (Å²) in [6.45, 7) is 0.302. The summed E-state index contributed by atoms with van der Waals surface area (Å²) in [7, 11) is 0. The van der Waals surface area contributed by atoms with E-state index in [9.17, 15) is 14.9 Å². The molecule has 1 heterocycles. The zero-order valence-electron chi connectivity index (χ0n) is 10.9. The molecule has 0 radical (unpaired) electrons. The first-order valence-corrected chi connectivity index (χ1v) is 6.93. The molecule has 0 amide bonds. The lowest BCUT2D eigenvalue weighted by Crippen LogP contribution is -2.17. The summed E-state index contributed by atoms with van der Waals surface area (Å²) in [4.78, 5) is 25.8. The molecule has 1 saturated carbocycles. The van der Waals surface area contributed by atoms with Crippen molar-refractivity contribution < 1.29 is 14.5 Å². The number of rotatable bonds is 4. The van der Waals surface area contributed by atoms with Gasteiger partial charge in [-0.05, 0) is 24.8 Å². The quantitative estimate of drug-likeness (QED) is 0.368. The molecule has 6 nitrogen and oxygen atoms in total. The molecule has 0 aliphatic heterocycles. The molecule has 0 bridgehead atoms. The summed E-state index contributed by atoms with van der Waals surface area (Å²) in [6.07, 6.45) is 6.54.